The molecular weight excluding hydrogens is 366 g/mol. The van der Waals surface area contributed by atoms with Gasteiger partial charge in [0.25, 0.3) is 0 Å². The normalized spacial score (nSPS) is 25.9. The third-order valence-corrected chi connectivity index (χ3v) is 7.75. The van der Waals surface area contributed by atoms with Gasteiger partial charge in [-0.2, -0.15) is 0 Å². The molecule has 4 heteroatoms. The zero-order chi connectivity index (χ0) is 19.9. The van der Waals surface area contributed by atoms with Crippen LogP contribution < -0.4 is 4.74 Å². The first-order valence-corrected chi connectivity index (χ1v) is 11.5. The van der Waals surface area contributed by atoms with Crippen LogP contribution in [-0.2, 0) is 6.42 Å². The molecule has 1 N–H and O–H groups in total. The van der Waals surface area contributed by atoms with E-state index in [1.165, 1.54) is 24.0 Å². The standard InChI is InChI=1S/C24H31NO2S/c1-5-6-7-10-17-15(2)23-21(22(26)20(17)19-13-25-14-28-19)18-11-8-9-12-24(18,4)16(3)27-23/h8,11,13-14,16,18,26H,5-7,9-10,12H2,1-4H3. The topological polar surface area (TPSA) is 42.4 Å². The molecule has 2 aliphatic rings. The first-order valence-electron chi connectivity index (χ1n) is 10.6. The predicted octanol–water partition coefficient (Wildman–Crippen LogP) is 6.78. The molecule has 3 unspecified atom stereocenters. The Bertz CT molecular complexity index is 887. The molecule has 4 rings (SSSR count). The molecule has 0 amide bonds. The monoisotopic (exact) mass is 397 g/mol. The lowest BCUT2D eigenvalue weighted by Gasteiger charge is -2.48. The van der Waals surface area contributed by atoms with Crippen molar-refractivity contribution in [3.8, 4) is 21.9 Å². The van der Waals surface area contributed by atoms with Crippen LogP contribution >= 0.6 is 11.3 Å². The second kappa shape index (κ2) is 7.55. The highest BCUT2D eigenvalue weighted by Gasteiger charge is 2.48. The summed E-state index contributed by atoms with van der Waals surface area (Å²) in [6, 6.07) is 0. The van der Waals surface area contributed by atoms with Crippen LogP contribution in [0, 0.1) is 12.3 Å². The highest BCUT2D eigenvalue weighted by molar-refractivity contribution is 7.13. The molecule has 2 heterocycles. The number of nitrogens with zero attached hydrogens (tertiary/aromatic N) is 1. The zero-order valence-corrected chi connectivity index (χ0v) is 18.2. The molecule has 3 atom stereocenters. The number of phenolic OH excluding ortho intramolecular Hbond substituents is 1. The van der Waals surface area contributed by atoms with Gasteiger partial charge in [-0.3, -0.25) is 4.98 Å². The van der Waals surface area contributed by atoms with Gasteiger partial charge in [-0.1, -0.05) is 38.8 Å². The molecule has 1 aliphatic heterocycles. The van der Waals surface area contributed by atoms with Gasteiger partial charge in [0, 0.05) is 28.7 Å². The molecule has 3 nitrogen and oxygen atoms in total. The molecule has 0 radical (unpaired) electrons. The van der Waals surface area contributed by atoms with E-state index >= 15 is 0 Å². The average molecular weight is 398 g/mol. The summed E-state index contributed by atoms with van der Waals surface area (Å²) in [6.07, 6.45) is 13.2. The van der Waals surface area contributed by atoms with Crippen LogP contribution in [0.2, 0.25) is 0 Å². The van der Waals surface area contributed by atoms with Crippen molar-refractivity contribution in [1.82, 2.24) is 4.98 Å². The van der Waals surface area contributed by atoms with Crippen molar-refractivity contribution >= 4 is 11.3 Å². The second-order valence-electron chi connectivity index (χ2n) is 8.60. The van der Waals surface area contributed by atoms with Crippen molar-refractivity contribution in [3.63, 3.8) is 0 Å². The van der Waals surface area contributed by atoms with Gasteiger partial charge in [-0.15, -0.1) is 11.3 Å². The van der Waals surface area contributed by atoms with E-state index < -0.39 is 0 Å². The number of hydrogen-bond donors (Lipinski definition) is 1. The Labute approximate surface area is 172 Å². The van der Waals surface area contributed by atoms with Gasteiger partial charge in [-0.25, -0.2) is 0 Å². The van der Waals surface area contributed by atoms with Crippen LogP contribution in [0.25, 0.3) is 10.4 Å². The van der Waals surface area contributed by atoms with E-state index in [0.717, 1.165) is 47.4 Å². The lowest BCUT2D eigenvalue weighted by atomic mass is 9.62. The van der Waals surface area contributed by atoms with Crippen LogP contribution in [-0.4, -0.2) is 16.2 Å². The minimum atomic E-state index is 0.0143. The summed E-state index contributed by atoms with van der Waals surface area (Å²) in [5, 5.41) is 11.6. The summed E-state index contributed by atoms with van der Waals surface area (Å²) in [6.45, 7) is 8.90. The average Bonchev–Trinajstić information content (AvgIpc) is 3.20. The molecule has 0 fully saturated rings. The number of phenols is 1. The van der Waals surface area contributed by atoms with Gasteiger partial charge in [-0.05, 0) is 50.7 Å². The number of hydrogen-bond acceptors (Lipinski definition) is 4. The van der Waals surface area contributed by atoms with Gasteiger partial charge in [0.05, 0.1) is 10.4 Å². The minimum absolute atomic E-state index is 0.0143. The third-order valence-electron chi connectivity index (χ3n) is 6.96. The fourth-order valence-electron chi connectivity index (χ4n) is 5.02. The maximum Gasteiger partial charge on any atom is 0.132 e. The Morgan fingerprint density at radius 2 is 2.18 bits per heavy atom. The van der Waals surface area contributed by atoms with Crippen molar-refractivity contribution in [1.29, 1.82) is 0 Å². The smallest absolute Gasteiger partial charge is 0.132 e. The summed E-state index contributed by atoms with van der Waals surface area (Å²) in [7, 11) is 0. The number of allylic oxidation sites excluding steroid dienone is 2. The van der Waals surface area contributed by atoms with Crippen molar-refractivity contribution < 1.29 is 9.84 Å². The van der Waals surface area contributed by atoms with Gasteiger partial charge in [0.2, 0.25) is 0 Å². The van der Waals surface area contributed by atoms with E-state index in [1.807, 2.05) is 11.7 Å². The number of thiazole rings is 1. The number of aromatic hydroxyl groups is 1. The van der Waals surface area contributed by atoms with E-state index in [2.05, 4.69) is 44.8 Å². The summed E-state index contributed by atoms with van der Waals surface area (Å²) in [5.41, 5.74) is 6.25. The highest BCUT2D eigenvalue weighted by Crippen LogP contribution is 2.59. The van der Waals surface area contributed by atoms with Gasteiger partial charge in [0.1, 0.15) is 17.6 Å². The molecule has 1 aliphatic carbocycles. The largest absolute Gasteiger partial charge is 0.507 e. The van der Waals surface area contributed by atoms with Gasteiger partial charge in [0.15, 0.2) is 0 Å². The van der Waals surface area contributed by atoms with Crippen LogP contribution in [0.4, 0.5) is 0 Å². The van der Waals surface area contributed by atoms with Gasteiger partial charge < -0.3 is 9.84 Å². The van der Waals surface area contributed by atoms with Crippen LogP contribution in [0.15, 0.2) is 23.9 Å². The highest BCUT2D eigenvalue weighted by atomic mass is 32.1. The van der Waals surface area contributed by atoms with Gasteiger partial charge >= 0.3 is 0 Å². The van der Waals surface area contributed by atoms with E-state index in [0.29, 0.717) is 5.75 Å². The fraction of sp³-hybridized carbons (Fsp3) is 0.542. The zero-order valence-electron chi connectivity index (χ0n) is 17.4. The number of rotatable bonds is 5. The van der Waals surface area contributed by atoms with Crippen molar-refractivity contribution in [3.05, 3.63) is 40.5 Å². The molecule has 0 bridgehead atoms. The Balaban J connectivity index is 1.95. The minimum Gasteiger partial charge on any atom is -0.507 e. The molecule has 2 aromatic rings. The Hall–Kier alpha value is -1.81. The Morgan fingerprint density at radius 3 is 2.89 bits per heavy atom. The van der Waals surface area contributed by atoms with Crippen molar-refractivity contribution in [2.24, 2.45) is 5.41 Å². The molecule has 0 saturated carbocycles. The van der Waals surface area contributed by atoms with Crippen LogP contribution in [0.5, 0.6) is 11.5 Å². The summed E-state index contributed by atoms with van der Waals surface area (Å²) >= 11 is 1.60. The van der Waals surface area contributed by atoms with E-state index in [4.69, 9.17) is 4.74 Å². The quantitative estimate of drug-likeness (QED) is 0.447. The molecular formula is C24H31NO2S. The van der Waals surface area contributed by atoms with E-state index in [9.17, 15) is 5.11 Å². The fourth-order valence-corrected chi connectivity index (χ4v) is 5.71. The molecule has 150 valence electrons. The maximum absolute atomic E-state index is 11.6. The maximum atomic E-state index is 11.6. The number of benzene rings is 1. The lowest BCUT2D eigenvalue weighted by molar-refractivity contribution is 0.0286. The number of aromatic nitrogens is 1. The SMILES string of the molecule is CCCCCc1c(C)c2c(c(O)c1-c1cncs1)C1C=CCCC1(C)C(C)O2. The molecule has 1 aromatic carbocycles. The van der Waals surface area contributed by atoms with Crippen molar-refractivity contribution in [2.45, 2.75) is 78.2 Å². The number of unbranched alkanes of at least 4 members (excludes halogenated alkanes) is 2. The van der Waals surface area contributed by atoms with E-state index in [-0.39, 0.29) is 17.4 Å². The molecule has 0 spiro atoms. The molecule has 1 aromatic heterocycles. The molecule has 0 saturated heterocycles. The third kappa shape index (κ3) is 2.97. The summed E-state index contributed by atoms with van der Waals surface area (Å²) in [5.74, 6) is 1.51. The first kappa shape index (κ1) is 19.5. The first-order chi connectivity index (χ1) is 13.5. The Morgan fingerprint density at radius 1 is 1.36 bits per heavy atom. The predicted molar refractivity (Wildman–Crippen MR) is 116 cm³/mol. The summed E-state index contributed by atoms with van der Waals surface area (Å²) in [4.78, 5) is 5.34. The lowest BCUT2D eigenvalue weighted by Crippen LogP contribution is -2.44. The summed E-state index contributed by atoms with van der Waals surface area (Å²) < 4.78 is 6.53. The van der Waals surface area contributed by atoms with E-state index in [1.54, 1.807) is 11.3 Å². The molecule has 28 heavy (non-hydrogen) atoms. The Kier molecular flexibility index (Phi) is 5.26. The second-order valence-corrected chi connectivity index (χ2v) is 9.49. The number of fused-ring (bicyclic) bond motifs is 3. The van der Waals surface area contributed by atoms with Crippen LogP contribution in [0.3, 0.4) is 0 Å². The van der Waals surface area contributed by atoms with Crippen molar-refractivity contribution in [2.75, 3.05) is 0 Å². The van der Waals surface area contributed by atoms with Crippen LogP contribution in [0.1, 0.15) is 75.5 Å². The number of ether oxygens (including phenoxy) is 1.